The third-order valence-corrected chi connectivity index (χ3v) is 2.29. The van der Waals surface area contributed by atoms with E-state index in [1.165, 1.54) is 0 Å². The number of carbonyl (C=O) groups is 2. The minimum Gasteiger partial charge on any atom is -0.377 e. The summed E-state index contributed by atoms with van der Waals surface area (Å²) in [4.78, 5) is 22.2. The van der Waals surface area contributed by atoms with Gasteiger partial charge >= 0.3 is 0 Å². The second-order valence-electron chi connectivity index (χ2n) is 4.38. The van der Waals surface area contributed by atoms with Gasteiger partial charge in [0, 0.05) is 13.1 Å². The SMILES string of the molecule is C[C@H](N)C(=O)NCCOCCOCCNC(=O)[C@H](C)N. The van der Waals surface area contributed by atoms with Crippen LogP contribution in [0.15, 0.2) is 0 Å². The van der Waals surface area contributed by atoms with E-state index in [0.29, 0.717) is 39.5 Å². The Balaban J connectivity index is 3.21. The lowest BCUT2D eigenvalue weighted by Crippen LogP contribution is -2.40. The van der Waals surface area contributed by atoms with Gasteiger partial charge in [-0.2, -0.15) is 0 Å². The second-order valence-corrected chi connectivity index (χ2v) is 4.38. The van der Waals surface area contributed by atoms with Gasteiger partial charge in [0.05, 0.1) is 38.5 Å². The first-order valence-electron chi connectivity index (χ1n) is 6.67. The zero-order valence-corrected chi connectivity index (χ0v) is 12.2. The largest absolute Gasteiger partial charge is 0.377 e. The first kappa shape index (κ1) is 18.8. The molecule has 8 heteroatoms. The smallest absolute Gasteiger partial charge is 0.236 e. The van der Waals surface area contributed by atoms with E-state index in [9.17, 15) is 9.59 Å². The number of amides is 2. The maximum absolute atomic E-state index is 11.1. The topological polar surface area (TPSA) is 129 Å². The number of hydrogen-bond acceptors (Lipinski definition) is 6. The van der Waals surface area contributed by atoms with Crippen molar-refractivity contribution in [1.29, 1.82) is 0 Å². The highest BCUT2D eigenvalue weighted by molar-refractivity contribution is 5.81. The third kappa shape index (κ3) is 10.7. The van der Waals surface area contributed by atoms with Crippen LogP contribution in [0.25, 0.3) is 0 Å². The van der Waals surface area contributed by atoms with Crippen LogP contribution in [0.5, 0.6) is 0 Å². The Morgan fingerprint density at radius 3 is 1.50 bits per heavy atom. The van der Waals surface area contributed by atoms with E-state index in [1.807, 2.05) is 0 Å². The van der Waals surface area contributed by atoms with Crippen LogP contribution in [-0.2, 0) is 19.1 Å². The standard InChI is InChI=1S/C12H26N4O4/c1-9(13)11(17)15-3-5-19-7-8-20-6-4-16-12(18)10(2)14/h9-10H,3-8,13-14H2,1-2H3,(H,15,17)(H,16,18)/t9-,10-/m0/s1. The monoisotopic (exact) mass is 290 g/mol. The van der Waals surface area contributed by atoms with Crippen molar-refractivity contribution >= 4 is 11.8 Å². The molecule has 0 aromatic carbocycles. The summed E-state index contributed by atoms with van der Waals surface area (Å²) in [5, 5.41) is 5.25. The van der Waals surface area contributed by atoms with E-state index in [0.717, 1.165) is 0 Å². The van der Waals surface area contributed by atoms with Crippen LogP contribution in [0.4, 0.5) is 0 Å². The van der Waals surface area contributed by atoms with E-state index in [-0.39, 0.29) is 11.8 Å². The lowest BCUT2D eigenvalue weighted by Gasteiger charge is -2.09. The van der Waals surface area contributed by atoms with Crippen molar-refractivity contribution in [3.63, 3.8) is 0 Å². The zero-order valence-electron chi connectivity index (χ0n) is 12.2. The van der Waals surface area contributed by atoms with Crippen LogP contribution >= 0.6 is 0 Å². The van der Waals surface area contributed by atoms with Crippen LogP contribution in [-0.4, -0.2) is 63.4 Å². The first-order valence-corrected chi connectivity index (χ1v) is 6.67. The summed E-state index contributed by atoms with van der Waals surface area (Å²) < 4.78 is 10.5. The van der Waals surface area contributed by atoms with Gasteiger partial charge in [-0.15, -0.1) is 0 Å². The second kappa shape index (κ2) is 11.6. The van der Waals surface area contributed by atoms with Crippen LogP contribution in [0, 0.1) is 0 Å². The normalized spacial score (nSPS) is 13.6. The summed E-state index contributed by atoms with van der Waals surface area (Å²) in [5.74, 6) is -0.399. The van der Waals surface area contributed by atoms with Crippen molar-refractivity contribution in [2.45, 2.75) is 25.9 Å². The summed E-state index contributed by atoms with van der Waals surface area (Å²) in [6, 6.07) is -1.02. The van der Waals surface area contributed by atoms with Crippen molar-refractivity contribution < 1.29 is 19.1 Å². The lowest BCUT2D eigenvalue weighted by molar-refractivity contribution is -0.123. The Labute approximate surface area is 119 Å². The van der Waals surface area contributed by atoms with Gasteiger partial charge in [0.25, 0.3) is 0 Å². The molecule has 0 aliphatic heterocycles. The van der Waals surface area contributed by atoms with E-state index >= 15 is 0 Å². The average Bonchev–Trinajstić information content (AvgIpc) is 2.39. The van der Waals surface area contributed by atoms with Gasteiger partial charge in [-0.3, -0.25) is 9.59 Å². The summed E-state index contributed by atoms with van der Waals surface area (Å²) in [7, 11) is 0. The maximum Gasteiger partial charge on any atom is 0.236 e. The van der Waals surface area contributed by atoms with Crippen molar-refractivity contribution in [3.05, 3.63) is 0 Å². The predicted molar refractivity (Wildman–Crippen MR) is 75.0 cm³/mol. The van der Waals surface area contributed by atoms with E-state index < -0.39 is 12.1 Å². The molecule has 0 rings (SSSR count). The Morgan fingerprint density at radius 1 is 0.850 bits per heavy atom. The first-order chi connectivity index (χ1) is 9.45. The van der Waals surface area contributed by atoms with Gasteiger partial charge in [0.2, 0.25) is 11.8 Å². The minimum atomic E-state index is -0.509. The molecule has 0 spiro atoms. The van der Waals surface area contributed by atoms with Crippen LogP contribution in [0.2, 0.25) is 0 Å². The molecule has 0 fully saturated rings. The molecule has 0 bridgehead atoms. The van der Waals surface area contributed by atoms with Gasteiger partial charge in [-0.1, -0.05) is 0 Å². The zero-order chi connectivity index (χ0) is 15.4. The molecule has 0 saturated carbocycles. The number of rotatable bonds is 11. The third-order valence-electron chi connectivity index (χ3n) is 2.29. The summed E-state index contributed by atoms with van der Waals surface area (Å²) in [6.45, 7) is 5.75. The molecule has 2 atom stereocenters. The van der Waals surface area contributed by atoms with Crippen LogP contribution in [0.1, 0.15) is 13.8 Å². The molecule has 118 valence electrons. The van der Waals surface area contributed by atoms with Crippen LogP contribution < -0.4 is 22.1 Å². The Bertz CT molecular complexity index is 257. The lowest BCUT2D eigenvalue weighted by atomic mass is 10.3. The van der Waals surface area contributed by atoms with Crippen LogP contribution in [0.3, 0.4) is 0 Å². The summed E-state index contributed by atoms with van der Waals surface area (Å²) in [6.07, 6.45) is 0. The number of carbonyl (C=O) groups excluding carboxylic acids is 2. The molecule has 20 heavy (non-hydrogen) atoms. The Morgan fingerprint density at radius 2 is 1.20 bits per heavy atom. The molecule has 8 nitrogen and oxygen atoms in total. The van der Waals surface area contributed by atoms with Crippen molar-refractivity contribution in [2.75, 3.05) is 39.5 Å². The molecule has 0 heterocycles. The molecule has 2 amide bonds. The highest BCUT2D eigenvalue weighted by Crippen LogP contribution is 1.80. The number of nitrogens with one attached hydrogen (secondary N) is 2. The minimum absolute atomic E-state index is 0.199. The molecule has 0 aliphatic rings. The van der Waals surface area contributed by atoms with E-state index in [1.54, 1.807) is 13.8 Å². The molecular weight excluding hydrogens is 264 g/mol. The van der Waals surface area contributed by atoms with Gasteiger partial charge in [0.1, 0.15) is 0 Å². The fourth-order valence-electron chi connectivity index (χ4n) is 1.14. The summed E-state index contributed by atoms with van der Waals surface area (Å²) in [5.41, 5.74) is 10.7. The Kier molecular flexibility index (Phi) is 10.9. The highest BCUT2D eigenvalue weighted by Gasteiger charge is 2.05. The fraction of sp³-hybridized carbons (Fsp3) is 0.833. The molecular formula is C12H26N4O4. The summed E-state index contributed by atoms with van der Waals surface area (Å²) >= 11 is 0. The predicted octanol–water partition coefficient (Wildman–Crippen LogP) is -2.05. The van der Waals surface area contributed by atoms with Gasteiger partial charge < -0.3 is 31.6 Å². The number of nitrogens with two attached hydrogens (primary N) is 2. The molecule has 6 N–H and O–H groups in total. The van der Waals surface area contributed by atoms with Crippen molar-refractivity contribution in [3.8, 4) is 0 Å². The molecule has 0 radical (unpaired) electrons. The van der Waals surface area contributed by atoms with Gasteiger partial charge in [-0.05, 0) is 13.8 Å². The molecule has 0 aromatic heterocycles. The fourth-order valence-corrected chi connectivity index (χ4v) is 1.14. The molecule has 0 aromatic rings. The highest BCUT2D eigenvalue weighted by atomic mass is 16.5. The quantitative estimate of drug-likeness (QED) is 0.324. The van der Waals surface area contributed by atoms with Gasteiger partial charge in [-0.25, -0.2) is 0 Å². The molecule has 0 unspecified atom stereocenters. The maximum atomic E-state index is 11.1. The molecule has 0 aliphatic carbocycles. The van der Waals surface area contributed by atoms with Crippen molar-refractivity contribution in [1.82, 2.24) is 10.6 Å². The molecule has 0 saturated heterocycles. The number of ether oxygens (including phenoxy) is 2. The Hall–Kier alpha value is -1.22. The van der Waals surface area contributed by atoms with Crippen molar-refractivity contribution in [2.24, 2.45) is 11.5 Å². The van der Waals surface area contributed by atoms with E-state index in [4.69, 9.17) is 20.9 Å². The van der Waals surface area contributed by atoms with E-state index in [2.05, 4.69) is 10.6 Å². The average molecular weight is 290 g/mol. The van der Waals surface area contributed by atoms with Gasteiger partial charge in [0.15, 0.2) is 0 Å². The number of hydrogen-bond donors (Lipinski definition) is 4.